The lowest BCUT2D eigenvalue weighted by molar-refractivity contribution is 0.168. The van der Waals surface area contributed by atoms with Gasteiger partial charge in [0, 0.05) is 33.2 Å². The Labute approximate surface area is 338 Å². The Bertz CT molecular complexity index is 1850. The van der Waals surface area contributed by atoms with Gasteiger partial charge in [-0.1, -0.05) is 38.5 Å². The molecule has 4 saturated carbocycles. The van der Waals surface area contributed by atoms with E-state index in [1.165, 1.54) is 0 Å². The topological polar surface area (TPSA) is 273 Å². The second-order valence-corrected chi connectivity index (χ2v) is 26.7. The van der Waals surface area contributed by atoms with Gasteiger partial charge in [0.1, 0.15) is 21.0 Å². The van der Waals surface area contributed by atoms with Crippen molar-refractivity contribution in [2.24, 2.45) is 47.3 Å². The fourth-order valence-corrected chi connectivity index (χ4v) is 22.5. The van der Waals surface area contributed by atoms with Crippen molar-refractivity contribution in [3.63, 3.8) is 0 Å². The number of hydrogen-bond acceptors (Lipinski definition) is 16. The van der Waals surface area contributed by atoms with Crippen molar-refractivity contribution >= 4 is 59.7 Å². The van der Waals surface area contributed by atoms with Gasteiger partial charge in [-0.3, -0.25) is 51.6 Å². The van der Waals surface area contributed by atoms with E-state index in [1.54, 1.807) is 0 Å². The summed E-state index contributed by atoms with van der Waals surface area (Å²) >= 11 is 0. The summed E-state index contributed by atoms with van der Waals surface area (Å²) in [4.78, 5) is 0. The molecule has 8 bridgehead atoms. The van der Waals surface area contributed by atoms with Crippen LogP contribution in [0.4, 0.5) is 0 Å². The SMILES string of the molecule is O=S(=O)(O)C1C2C3NC4NC(NC5NC(NC6NC(NC(N3)C2C(S(=O)(=O)Cl)C(S(=O)(=O)Cl)C1S(=O)(=O)O)C1CCCCC61)C1CCCCC51)C1CCCCC41. The summed E-state index contributed by atoms with van der Waals surface area (Å²) in [5.74, 6) is -2.03. The van der Waals surface area contributed by atoms with Crippen molar-refractivity contribution in [2.45, 2.75) is 147 Å². The van der Waals surface area contributed by atoms with Gasteiger partial charge in [-0.05, 0) is 74.0 Å². The molecule has 9 fully saturated rings. The highest BCUT2D eigenvalue weighted by molar-refractivity contribution is 8.17. The normalized spacial score (nSPS) is 51.1. The van der Waals surface area contributed by atoms with Gasteiger partial charge in [0.25, 0.3) is 20.2 Å². The van der Waals surface area contributed by atoms with E-state index in [2.05, 4.69) is 42.5 Å². The molecule has 5 aliphatic heterocycles. The first kappa shape index (κ1) is 41.3. The minimum absolute atomic E-state index is 0.0160. The third-order valence-electron chi connectivity index (χ3n) is 15.3. The largest absolute Gasteiger partial charge is 0.286 e. The highest BCUT2D eigenvalue weighted by Crippen LogP contribution is 2.51. The molecule has 10 N–H and O–H groups in total. The quantitative estimate of drug-likeness (QED) is 0.125. The maximum atomic E-state index is 13.7. The Hall–Kier alpha value is -0.0200. The Morgan fingerprint density at radius 1 is 0.339 bits per heavy atom. The first-order chi connectivity index (χ1) is 26.3. The van der Waals surface area contributed by atoms with E-state index in [0.29, 0.717) is 11.8 Å². The van der Waals surface area contributed by atoms with Crippen molar-refractivity contribution in [1.29, 1.82) is 0 Å². The second-order valence-electron chi connectivity index (χ2n) is 18.0. The molecular formula is C32H54Cl2N8O10S4. The molecule has 5 heterocycles. The summed E-state index contributed by atoms with van der Waals surface area (Å²) in [6.45, 7) is 0. The van der Waals surface area contributed by atoms with E-state index >= 15 is 0 Å². The minimum atomic E-state index is -5.74. The number of rotatable bonds is 4. The molecule has 5 saturated heterocycles. The van der Waals surface area contributed by atoms with E-state index < -0.39 is 95.8 Å². The van der Waals surface area contributed by atoms with E-state index in [-0.39, 0.29) is 48.3 Å². The third kappa shape index (κ3) is 7.21. The van der Waals surface area contributed by atoms with Crippen LogP contribution in [0.1, 0.15) is 77.0 Å². The highest BCUT2D eigenvalue weighted by atomic mass is 35.7. The smallest absolute Gasteiger partial charge is 0.270 e. The molecule has 320 valence electrons. The molecule has 18 nitrogen and oxygen atoms in total. The van der Waals surface area contributed by atoms with Crippen LogP contribution in [0.15, 0.2) is 0 Å². The van der Waals surface area contributed by atoms with Crippen LogP contribution >= 0.6 is 21.4 Å². The first-order valence-corrected chi connectivity index (χ1v) is 27.9. The molecule has 20 atom stereocenters. The third-order valence-corrected chi connectivity index (χ3v) is 22.2. The number of nitrogens with one attached hydrogen (secondary N) is 8. The van der Waals surface area contributed by atoms with Crippen molar-refractivity contribution in [3.05, 3.63) is 0 Å². The summed E-state index contributed by atoms with van der Waals surface area (Å²) in [5, 5.41) is 19.1. The lowest BCUT2D eigenvalue weighted by Gasteiger charge is -2.46. The van der Waals surface area contributed by atoms with Crippen LogP contribution in [0.3, 0.4) is 0 Å². The Morgan fingerprint density at radius 3 is 0.821 bits per heavy atom. The number of hydrogen-bond donors (Lipinski definition) is 10. The summed E-state index contributed by atoms with van der Waals surface area (Å²) in [6.07, 6.45) is 8.24. The van der Waals surface area contributed by atoms with E-state index in [0.717, 1.165) is 77.0 Å². The van der Waals surface area contributed by atoms with Gasteiger partial charge in [0.15, 0.2) is 0 Å². The van der Waals surface area contributed by atoms with Crippen LogP contribution in [-0.2, 0) is 38.3 Å². The zero-order valence-electron chi connectivity index (χ0n) is 30.6. The van der Waals surface area contributed by atoms with Gasteiger partial charge in [-0.2, -0.15) is 16.8 Å². The number of halogens is 2. The molecule has 20 unspecified atom stereocenters. The predicted octanol–water partition coefficient (Wildman–Crippen LogP) is -0.568. The fourth-order valence-electron chi connectivity index (χ4n) is 13.4. The molecule has 0 aromatic heterocycles. The summed E-state index contributed by atoms with van der Waals surface area (Å²) in [5.41, 5.74) is 0. The van der Waals surface area contributed by atoms with E-state index in [4.69, 9.17) is 21.4 Å². The van der Waals surface area contributed by atoms with Crippen molar-refractivity contribution in [2.75, 3.05) is 0 Å². The van der Waals surface area contributed by atoms with Crippen LogP contribution < -0.4 is 42.5 Å². The highest BCUT2D eigenvalue weighted by Gasteiger charge is 2.71. The zero-order valence-corrected chi connectivity index (χ0v) is 35.4. The molecule has 4 aliphatic carbocycles. The standard InChI is InChI=1S/C32H54Cl2N8O10S4/c33-53(43,44)21-19-20(22(55(47,48)49)24(56(50,51)52)23(21)54(34,45)46)32-41-30-18-12-6-4-10-16(18)28(39-30)37-26-14-8-2-1-7-13(14)25(35-26)36-27-15-9-3-5-11-17(15)29(38-27)40-31(19)42-32/h13-32,35-42H,1-12H2,(H,47,48,49)(H,50,51,52). The van der Waals surface area contributed by atoms with Gasteiger partial charge in [0.05, 0.1) is 49.3 Å². The molecule has 9 aliphatic rings. The maximum absolute atomic E-state index is 13.7. The van der Waals surface area contributed by atoms with Crippen LogP contribution in [0, 0.1) is 47.3 Å². The molecule has 0 aromatic rings. The number of fused-ring (bicyclic) bond motifs is 20. The average Bonchev–Trinajstić information content (AvgIpc) is 3.84. The molecule has 56 heavy (non-hydrogen) atoms. The van der Waals surface area contributed by atoms with Crippen molar-refractivity contribution < 1.29 is 42.8 Å². The van der Waals surface area contributed by atoms with Gasteiger partial charge in [-0.25, -0.2) is 16.8 Å². The molecular weight excluding hydrogens is 856 g/mol. The lowest BCUT2D eigenvalue weighted by Crippen LogP contribution is -2.69. The van der Waals surface area contributed by atoms with Crippen LogP contribution in [0.2, 0.25) is 0 Å². The van der Waals surface area contributed by atoms with Crippen LogP contribution in [0.25, 0.3) is 0 Å². The second kappa shape index (κ2) is 14.8. The minimum Gasteiger partial charge on any atom is -0.286 e. The van der Waals surface area contributed by atoms with Crippen molar-refractivity contribution in [3.8, 4) is 0 Å². The summed E-state index contributed by atoms with van der Waals surface area (Å²) in [7, 11) is -9.76. The molecule has 0 spiro atoms. The van der Waals surface area contributed by atoms with Crippen LogP contribution in [-0.4, -0.2) is 113 Å². The van der Waals surface area contributed by atoms with E-state index in [9.17, 15) is 42.8 Å². The molecule has 0 aromatic carbocycles. The predicted molar refractivity (Wildman–Crippen MR) is 207 cm³/mol. The fraction of sp³-hybridized carbons (Fsp3) is 1.00. The lowest BCUT2D eigenvalue weighted by atomic mass is 9.75. The van der Waals surface area contributed by atoms with Gasteiger partial charge in [0.2, 0.25) is 18.1 Å². The van der Waals surface area contributed by atoms with Crippen LogP contribution in [0.5, 0.6) is 0 Å². The van der Waals surface area contributed by atoms with E-state index in [1.807, 2.05) is 0 Å². The molecule has 0 radical (unpaired) electrons. The van der Waals surface area contributed by atoms with Crippen molar-refractivity contribution in [1.82, 2.24) is 42.5 Å². The Kier molecular flexibility index (Phi) is 10.9. The van der Waals surface area contributed by atoms with Gasteiger partial charge >= 0.3 is 0 Å². The molecule has 24 heteroatoms. The average molecular weight is 910 g/mol. The summed E-state index contributed by atoms with van der Waals surface area (Å²) < 4.78 is 129. The molecule has 9 rings (SSSR count). The Balaban J connectivity index is 1.19. The molecule has 0 amide bonds. The zero-order chi connectivity index (χ0) is 39.7. The first-order valence-electron chi connectivity index (χ1n) is 20.2. The van der Waals surface area contributed by atoms with Gasteiger partial charge < -0.3 is 0 Å². The Morgan fingerprint density at radius 2 is 0.571 bits per heavy atom. The monoisotopic (exact) mass is 908 g/mol. The maximum Gasteiger partial charge on any atom is 0.270 e. The summed E-state index contributed by atoms with van der Waals surface area (Å²) in [6, 6.07) is 0. The van der Waals surface area contributed by atoms with Gasteiger partial charge in [-0.15, -0.1) is 0 Å².